The molecule has 6 rings (SSSR count). The first-order chi connectivity index (χ1) is 23.2. The predicted molar refractivity (Wildman–Crippen MR) is 222 cm³/mol. The summed E-state index contributed by atoms with van der Waals surface area (Å²) < 4.78 is 5.29. The van der Waals surface area contributed by atoms with Gasteiger partial charge in [-0.15, -0.1) is 50.9 Å². The molecule has 0 aliphatic carbocycles. The minimum atomic E-state index is -1.85. The summed E-state index contributed by atoms with van der Waals surface area (Å²) in [5.74, 6) is 11.0. The van der Waals surface area contributed by atoms with Crippen LogP contribution in [0.2, 0.25) is 16.6 Å². The van der Waals surface area contributed by atoms with Crippen molar-refractivity contribution in [1.82, 2.24) is 0 Å². The Bertz CT molecular complexity index is 2080. The van der Waals surface area contributed by atoms with Gasteiger partial charge in [0.25, 0.3) is 0 Å². The van der Waals surface area contributed by atoms with Gasteiger partial charge in [0, 0.05) is 15.0 Å². The van der Waals surface area contributed by atoms with Crippen LogP contribution in [0.1, 0.15) is 96.4 Å². The maximum absolute atomic E-state index is 4.02. The van der Waals surface area contributed by atoms with Gasteiger partial charge in [0.1, 0.15) is 8.07 Å². The first kappa shape index (κ1) is 34.9. The molecule has 0 aliphatic rings. The van der Waals surface area contributed by atoms with Crippen molar-refractivity contribution in [3.8, 4) is 44.2 Å². The van der Waals surface area contributed by atoms with E-state index < -0.39 is 8.07 Å². The molecular formula is C43H46S4Si. The highest BCUT2D eigenvalue weighted by atomic mass is 32.1. The Balaban J connectivity index is 1.32. The van der Waals surface area contributed by atoms with Gasteiger partial charge in [-0.2, -0.15) is 0 Å². The molecule has 0 radical (unpaired) electrons. The van der Waals surface area contributed by atoms with Crippen LogP contribution < -0.4 is 0 Å². The SMILES string of the molecule is CCCCCCc1ccc(C#Cc2c(-c3ccc(-c4sc5ccsc5c4C#C[Si](C(C)C)(C(C)C)C(C)C)cc3)sc3ccsc23)cc1. The van der Waals surface area contributed by atoms with E-state index in [1.165, 1.54) is 76.5 Å². The smallest absolute Gasteiger partial charge is 0.142 e. The van der Waals surface area contributed by atoms with Crippen LogP contribution in [0.15, 0.2) is 71.4 Å². The first-order valence-corrected chi connectivity index (χ1v) is 23.1. The average molecular weight is 719 g/mol. The zero-order chi connectivity index (χ0) is 33.8. The highest BCUT2D eigenvalue weighted by Gasteiger charge is 2.41. The van der Waals surface area contributed by atoms with E-state index in [9.17, 15) is 0 Å². The molecule has 0 aliphatic heterocycles. The summed E-state index contributed by atoms with van der Waals surface area (Å²) in [6, 6.07) is 22.6. The van der Waals surface area contributed by atoms with Gasteiger partial charge in [0.05, 0.1) is 30.3 Å². The lowest BCUT2D eigenvalue weighted by Gasteiger charge is -2.38. The quantitative estimate of drug-likeness (QED) is 0.0751. The monoisotopic (exact) mass is 718 g/mol. The van der Waals surface area contributed by atoms with Crippen LogP contribution in [-0.2, 0) is 6.42 Å². The molecule has 0 saturated carbocycles. The summed E-state index contributed by atoms with van der Waals surface area (Å²) in [6.07, 6.45) is 6.34. The van der Waals surface area contributed by atoms with Crippen molar-refractivity contribution in [2.24, 2.45) is 0 Å². The zero-order valence-corrected chi connectivity index (χ0v) is 33.6. The zero-order valence-electron chi connectivity index (χ0n) is 29.3. The molecule has 0 bridgehead atoms. The number of hydrogen-bond acceptors (Lipinski definition) is 4. The van der Waals surface area contributed by atoms with Crippen molar-refractivity contribution < 1.29 is 0 Å². The molecule has 0 unspecified atom stereocenters. The largest absolute Gasteiger partial charge is 0.146 e. The number of hydrogen-bond donors (Lipinski definition) is 0. The number of thiophene rings is 4. The maximum Gasteiger partial charge on any atom is 0.146 e. The second-order valence-electron chi connectivity index (χ2n) is 13.8. The van der Waals surface area contributed by atoms with Crippen molar-refractivity contribution in [1.29, 1.82) is 0 Å². The highest BCUT2D eigenvalue weighted by molar-refractivity contribution is 7.30. The predicted octanol–water partition coefficient (Wildman–Crippen LogP) is 14.7. The van der Waals surface area contributed by atoms with E-state index in [2.05, 4.69) is 143 Å². The van der Waals surface area contributed by atoms with Gasteiger partial charge in [-0.25, -0.2) is 0 Å². The summed E-state index contributed by atoms with van der Waals surface area (Å²) >= 11 is 7.37. The Hall–Kier alpha value is -2.90. The third-order valence-corrected chi connectivity index (χ3v) is 20.7. The van der Waals surface area contributed by atoms with Gasteiger partial charge in [-0.3, -0.25) is 0 Å². The Kier molecular flexibility index (Phi) is 11.2. The Morgan fingerprint density at radius 1 is 0.583 bits per heavy atom. The lowest BCUT2D eigenvalue weighted by molar-refractivity contribution is 0.667. The lowest BCUT2D eigenvalue weighted by Crippen LogP contribution is -2.43. The van der Waals surface area contributed by atoms with Gasteiger partial charge in [-0.05, 0) is 81.2 Å². The topological polar surface area (TPSA) is 0 Å². The first-order valence-electron chi connectivity index (χ1n) is 17.5. The minimum absolute atomic E-state index is 0.614. The molecule has 0 nitrogen and oxygen atoms in total. The van der Waals surface area contributed by atoms with Crippen LogP contribution in [-0.4, -0.2) is 8.07 Å². The van der Waals surface area contributed by atoms with E-state index in [0.29, 0.717) is 16.6 Å². The second kappa shape index (κ2) is 15.3. The van der Waals surface area contributed by atoms with Crippen molar-refractivity contribution in [2.45, 2.75) is 97.2 Å². The van der Waals surface area contributed by atoms with Crippen molar-refractivity contribution >= 4 is 72.2 Å². The van der Waals surface area contributed by atoms with Gasteiger partial charge < -0.3 is 0 Å². The number of fused-ring (bicyclic) bond motifs is 2. The van der Waals surface area contributed by atoms with E-state index in [-0.39, 0.29) is 0 Å². The fraction of sp³-hybridized carbons (Fsp3) is 0.349. The van der Waals surface area contributed by atoms with Crippen molar-refractivity contribution in [2.75, 3.05) is 0 Å². The van der Waals surface area contributed by atoms with E-state index in [1.807, 2.05) is 34.0 Å². The number of unbranched alkanes of at least 4 members (excludes halogenated alkanes) is 3. The molecule has 6 aromatic rings. The van der Waals surface area contributed by atoms with Crippen LogP contribution in [0, 0.1) is 23.3 Å². The summed E-state index contributed by atoms with van der Waals surface area (Å²) in [7, 11) is -1.85. The highest BCUT2D eigenvalue weighted by Crippen LogP contribution is 2.45. The molecule has 5 heteroatoms. The fourth-order valence-electron chi connectivity index (χ4n) is 7.30. The third kappa shape index (κ3) is 7.05. The molecule has 4 heterocycles. The summed E-state index contributed by atoms with van der Waals surface area (Å²) in [4.78, 5) is 2.56. The second-order valence-corrected chi connectivity index (χ2v) is 23.3. The molecule has 0 amide bonds. The van der Waals surface area contributed by atoms with Crippen molar-refractivity contribution in [3.63, 3.8) is 0 Å². The maximum atomic E-state index is 4.02. The molecule has 0 saturated heterocycles. The average Bonchev–Trinajstić information content (AvgIpc) is 3.85. The molecule has 0 N–H and O–H groups in total. The Labute approximate surface area is 305 Å². The lowest BCUT2D eigenvalue weighted by atomic mass is 10.0. The van der Waals surface area contributed by atoms with E-state index in [1.54, 1.807) is 11.3 Å². The fourth-order valence-corrected chi connectivity index (χ4v) is 17.1. The van der Waals surface area contributed by atoms with Crippen LogP contribution in [0.25, 0.3) is 39.7 Å². The summed E-state index contributed by atoms with van der Waals surface area (Å²) in [5, 5.41) is 4.40. The third-order valence-electron chi connectivity index (χ3n) is 9.87. The molecule has 2 aromatic carbocycles. The van der Waals surface area contributed by atoms with Gasteiger partial charge in [0.15, 0.2) is 0 Å². The van der Waals surface area contributed by atoms with E-state index >= 15 is 0 Å². The molecule has 4 aromatic heterocycles. The molecule has 0 fully saturated rings. The van der Waals surface area contributed by atoms with Gasteiger partial charge in [-0.1, -0.05) is 122 Å². The standard InChI is InChI=1S/C43H46S4Si/c1-8-9-10-11-12-32-13-15-33(16-14-32)17-22-36-40(46-38-23-26-44-42(36)38)34-18-20-35(21-19-34)41-37(43-39(47-41)24-27-45-43)25-28-48(29(2)3,30(4)5)31(6)7/h13-16,18-21,23-24,26-27,29-31H,8-12H2,1-7H3. The van der Waals surface area contributed by atoms with Gasteiger partial charge >= 0.3 is 0 Å². The normalized spacial score (nSPS) is 11.9. The van der Waals surface area contributed by atoms with Crippen LogP contribution in [0.3, 0.4) is 0 Å². The van der Waals surface area contributed by atoms with Crippen LogP contribution in [0.5, 0.6) is 0 Å². The summed E-state index contributed by atoms with van der Waals surface area (Å²) in [5.41, 5.74) is 13.2. The van der Waals surface area contributed by atoms with Gasteiger partial charge in [0.2, 0.25) is 0 Å². The Morgan fingerprint density at radius 3 is 1.60 bits per heavy atom. The molecule has 48 heavy (non-hydrogen) atoms. The van der Waals surface area contributed by atoms with Crippen LogP contribution in [0.4, 0.5) is 0 Å². The minimum Gasteiger partial charge on any atom is -0.142 e. The van der Waals surface area contributed by atoms with E-state index in [0.717, 1.165) is 17.5 Å². The molecular weight excluding hydrogens is 673 g/mol. The number of aryl methyl sites for hydroxylation is 1. The molecule has 0 spiro atoms. The van der Waals surface area contributed by atoms with E-state index in [4.69, 9.17) is 0 Å². The Morgan fingerprint density at radius 2 is 1.10 bits per heavy atom. The summed E-state index contributed by atoms with van der Waals surface area (Å²) in [6.45, 7) is 16.6. The number of rotatable bonds is 10. The van der Waals surface area contributed by atoms with Crippen LogP contribution >= 0.6 is 45.3 Å². The molecule has 0 atom stereocenters. The molecule has 246 valence electrons. The number of benzene rings is 2. The van der Waals surface area contributed by atoms with Crippen molar-refractivity contribution in [3.05, 3.63) is 93.7 Å².